The summed E-state index contributed by atoms with van der Waals surface area (Å²) in [7, 11) is 0. The minimum absolute atomic E-state index is 0.0589. The number of carbonyl (C=O) groups is 1. The van der Waals surface area contributed by atoms with Gasteiger partial charge in [0.25, 0.3) is 5.91 Å². The molecule has 0 aliphatic carbocycles. The Hall–Kier alpha value is -2.14. The minimum atomic E-state index is -0.0589. The van der Waals surface area contributed by atoms with E-state index in [1.54, 1.807) is 6.20 Å². The summed E-state index contributed by atoms with van der Waals surface area (Å²) in [5.41, 5.74) is 2.35. The molecule has 22 heavy (non-hydrogen) atoms. The van der Waals surface area contributed by atoms with Crippen molar-refractivity contribution in [2.45, 2.75) is 19.3 Å². The molecule has 1 aliphatic heterocycles. The Morgan fingerprint density at radius 1 is 1.32 bits per heavy atom. The van der Waals surface area contributed by atoms with Crippen LogP contribution in [0.3, 0.4) is 0 Å². The summed E-state index contributed by atoms with van der Waals surface area (Å²) in [4.78, 5) is 12.4. The third-order valence-electron chi connectivity index (χ3n) is 4.18. The molecule has 1 aliphatic rings. The van der Waals surface area contributed by atoms with Gasteiger partial charge in [0.05, 0.1) is 17.5 Å². The molecular weight excluding hydrogens is 276 g/mol. The van der Waals surface area contributed by atoms with Crippen molar-refractivity contribution >= 4 is 5.91 Å². The molecule has 1 atom stereocenters. The SMILES string of the molecule is O=C(NCCC1CCCNC1)c1cn[nH]c1-c1ccccc1. The number of hydrogen-bond donors (Lipinski definition) is 3. The lowest BCUT2D eigenvalue weighted by Crippen LogP contribution is -2.33. The number of carbonyl (C=O) groups excluding carboxylic acids is 1. The Kier molecular flexibility index (Phi) is 4.85. The Labute approximate surface area is 130 Å². The zero-order valence-corrected chi connectivity index (χ0v) is 12.6. The van der Waals surface area contributed by atoms with Crippen molar-refractivity contribution in [1.29, 1.82) is 0 Å². The summed E-state index contributed by atoms with van der Waals surface area (Å²) in [6.45, 7) is 2.90. The van der Waals surface area contributed by atoms with Crippen molar-refractivity contribution in [1.82, 2.24) is 20.8 Å². The van der Waals surface area contributed by atoms with Crippen LogP contribution in [0.25, 0.3) is 11.3 Å². The molecule has 116 valence electrons. The van der Waals surface area contributed by atoms with E-state index in [1.165, 1.54) is 12.8 Å². The fraction of sp³-hybridized carbons (Fsp3) is 0.412. The van der Waals surface area contributed by atoms with Gasteiger partial charge in [-0.15, -0.1) is 0 Å². The number of nitrogens with one attached hydrogen (secondary N) is 3. The lowest BCUT2D eigenvalue weighted by molar-refractivity contribution is 0.0951. The monoisotopic (exact) mass is 298 g/mol. The highest BCUT2D eigenvalue weighted by Crippen LogP contribution is 2.20. The number of nitrogens with zero attached hydrogens (tertiary/aromatic N) is 1. The molecule has 5 heteroatoms. The summed E-state index contributed by atoms with van der Waals surface area (Å²) in [6, 6.07) is 9.80. The van der Waals surface area contributed by atoms with Crippen LogP contribution >= 0.6 is 0 Å². The number of hydrogen-bond acceptors (Lipinski definition) is 3. The van der Waals surface area contributed by atoms with E-state index in [0.717, 1.165) is 30.8 Å². The molecule has 1 fully saturated rings. The first-order chi connectivity index (χ1) is 10.8. The number of rotatable bonds is 5. The van der Waals surface area contributed by atoms with Crippen molar-refractivity contribution in [2.75, 3.05) is 19.6 Å². The van der Waals surface area contributed by atoms with E-state index in [9.17, 15) is 4.79 Å². The van der Waals surface area contributed by atoms with Crippen LogP contribution in [0.1, 0.15) is 29.6 Å². The Morgan fingerprint density at radius 2 is 2.18 bits per heavy atom. The molecule has 3 rings (SSSR count). The van der Waals surface area contributed by atoms with E-state index in [2.05, 4.69) is 20.8 Å². The summed E-state index contributed by atoms with van der Waals surface area (Å²) in [6.07, 6.45) is 5.11. The number of aromatic nitrogens is 2. The van der Waals surface area contributed by atoms with Gasteiger partial charge in [0.1, 0.15) is 0 Å². The topological polar surface area (TPSA) is 69.8 Å². The summed E-state index contributed by atoms with van der Waals surface area (Å²) in [5, 5.41) is 13.4. The fourth-order valence-corrected chi connectivity index (χ4v) is 2.94. The maximum absolute atomic E-state index is 12.4. The molecule has 3 N–H and O–H groups in total. The van der Waals surface area contributed by atoms with Crippen LogP contribution in [-0.2, 0) is 0 Å². The molecule has 0 spiro atoms. The molecular formula is C17H22N4O. The van der Waals surface area contributed by atoms with Crippen molar-refractivity contribution in [2.24, 2.45) is 5.92 Å². The van der Waals surface area contributed by atoms with E-state index in [-0.39, 0.29) is 5.91 Å². The number of piperidine rings is 1. The van der Waals surface area contributed by atoms with Crippen LogP contribution in [-0.4, -0.2) is 35.7 Å². The van der Waals surface area contributed by atoms with Gasteiger partial charge in [-0.1, -0.05) is 30.3 Å². The lowest BCUT2D eigenvalue weighted by atomic mass is 9.96. The van der Waals surface area contributed by atoms with Gasteiger partial charge < -0.3 is 10.6 Å². The van der Waals surface area contributed by atoms with Crippen LogP contribution in [0.2, 0.25) is 0 Å². The van der Waals surface area contributed by atoms with E-state index in [0.29, 0.717) is 18.0 Å². The average Bonchev–Trinajstić information content (AvgIpc) is 3.06. The van der Waals surface area contributed by atoms with Gasteiger partial charge in [0, 0.05) is 12.1 Å². The Balaban J connectivity index is 1.58. The lowest BCUT2D eigenvalue weighted by Gasteiger charge is -2.22. The number of H-pyrrole nitrogens is 1. The smallest absolute Gasteiger partial charge is 0.255 e. The van der Waals surface area contributed by atoms with Gasteiger partial charge in [-0.3, -0.25) is 9.89 Å². The zero-order chi connectivity index (χ0) is 15.2. The first-order valence-corrected chi connectivity index (χ1v) is 7.92. The second-order valence-electron chi connectivity index (χ2n) is 5.78. The number of benzene rings is 1. The third-order valence-corrected chi connectivity index (χ3v) is 4.18. The Bertz CT molecular complexity index is 602. The zero-order valence-electron chi connectivity index (χ0n) is 12.6. The van der Waals surface area contributed by atoms with E-state index < -0.39 is 0 Å². The van der Waals surface area contributed by atoms with Gasteiger partial charge in [0.2, 0.25) is 0 Å². The number of amides is 1. The summed E-state index contributed by atoms with van der Waals surface area (Å²) < 4.78 is 0. The molecule has 2 heterocycles. The van der Waals surface area contributed by atoms with Crippen molar-refractivity contribution in [3.05, 3.63) is 42.1 Å². The van der Waals surface area contributed by atoms with Gasteiger partial charge in [-0.05, 0) is 38.3 Å². The molecule has 1 amide bonds. The quantitative estimate of drug-likeness (QED) is 0.792. The van der Waals surface area contributed by atoms with E-state index in [1.807, 2.05) is 30.3 Å². The highest BCUT2D eigenvalue weighted by Gasteiger charge is 2.16. The van der Waals surface area contributed by atoms with Crippen LogP contribution in [0, 0.1) is 5.92 Å². The molecule has 1 aromatic carbocycles. The maximum atomic E-state index is 12.4. The molecule has 0 saturated carbocycles. The normalized spacial score (nSPS) is 18.1. The van der Waals surface area contributed by atoms with Crippen molar-refractivity contribution in [3.63, 3.8) is 0 Å². The predicted octanol–water partition coefficient (Wildman–Crippen LogP) is 2.20. The van der Waals surface area contributed by atoms with Crippen LogP contribution < -0.4 is 10.6 Å². The molecule has 2 aromatic rings. The van der Waals surface area contributed by atoms with Gasteiger partial charge in [-0.2, -0.15) is 5.10 Å². The first-order valence-electron chi connectivity index (χ1n) is 7.92. The van der Waals surface area contributed by atoms with Gasteiger partial charge in [0.15, 0.2) is 0 Å². The molecule has 0 radical (unpaired) electrons. The first kappa shape index (κ1) is 14.8. The fourth-order valence-electron chi connectivity index (χ4n) is 2.94. The largest absolute Gasteiger partial charge is 0.352 e. The molecule has 0 bridgehead atoms. The summed E-state index contributed by atoms with van der Waals surface area (Å²) in [5.74, 6) is 0.614. The van der Waals surface area contributed by atoms with E-state index in [4.69, 9.17) is 0 Å². The highest BCUT2D eigenvalue weighted by molar-refractivity contribution is 5.99. The molecule has 1 saturated heterocycles. The molecule has 1 unspecified atom stereocenters. The number of aromatic amines is 1. The second kappa shape index (κ2) is 7.22. The Morgan fingerprint density at radius 3 is 2.95 bits per heavy atom. The highest BCUT2D eigenvalue weighted by atomic mass is 16.1. The maximum Gasteiger partial charge on any atom is 0.255 e. The summed E-state index contributed by atoms with van der Waals surface area (Å²) >= 11 is 0. The standard InChI is InChI=1S/C17H22N4O/c22-17(19-10-8-13-5-4-9-18-11-13)15-12-20-21-16(15)14-6-2-1-3-7-14/h1-3,6-7,12-13,18H,4-5,8-11H2,(H,19,22)(H,20,21). The van der Waals surface area contributed by atoms with Gasteiger partial charge in [-0.25, -0.2) is 0 Å². The van der Waals surface area contributed by atoms with Crippen LogP contribution in [0.5, 0.6) is 0 Å². The predicted molar refractivity (Wildman–Crippen MR) is 86.6 cm³/mol. The average molecular weight is 298 g/mol. The third kappa shape index (κ3) is 3.54. The van der Waals surface area contributed by atoms with Crippen molar-refractivity contribution < 1.29 is 4.79 Å². The molecule has 5 nitrogen and oxygen atoms in total. The van der Waals surface area contributed by atoms with Gasteiger partial charge >= 0.3 is 0 Å². The second-order valence-corrected chi connectivity index (χ2v) is 5.78. The van der Waals surface area contributed by atoms with Crippen LogP contribution in [0.15, 0.2) is 36.5 Å². The van der Waals surface area contributed by atoms with Crippen LogP contribution in [0.4, 0.5) is 0 Å². The minimum Gasteiger partial charge on any atom is -0.352 e. The van der Waals surface area contributed by atoms with Crippen molar-refractivity contribution in [3.8, 4) is 11.3 Å². The van der Waals surface area contributed by atoms with E-state index >= 15 is 0 Å². The molecule has 1 aromatic heterocycles.